The number of pyridine rings is 1. The Hall–Kier alpha value is -1.00. The van der Waals surface area contributed by atoms with Crippen molar-refractivity contribution in [3.8, 4) is 0 Å². The van der Waals surface area contributed by atoms with Crippen molar-refractivity contribution in [1.29, 1.82) is 0 Å². The fraction of sp³-hybridized carbons (Fsp3) is 0.583. The second-order valence-corrected chi connectivity index (χ2v) is 4.75. The van der Waals surface area contributed by atoms with Gasteiger partial charge in [0, 0.05) is 19.3 Å². The number of nitrogen functional groups attached to an aromatic ring is 1. The summed E-state index contributed by atoms with van der Waals surface area (Å²) in [5.74, 6) is 1.33. The lowest BCUT2D eigenvalue weighted by molar-refractivity contribution is 0.132. The molecule has 1 aromatic rings. The van der Waals surface area contributed by atoms with E-state index >= 15 is 0 Å². The molecule has 0 saturated carbocycles. The minimum Gasteiger partial charge on any atom is -0.396 e. The van der Waals surface area contributed by atoms with Crippen molar-refractivity contribution >= 4 is 23.1 Å². The highest BCUT2D eigenvalue weighted by atomic mass is 35.5. The van der Waals surface area contributed by atoms with E-state index in [9.17, 15) is 0 Å². The third-order valence-electron chi connectivity index (χ3n) is 2.26. The Morgan fingerprint density at radius 3 is 2.88 bits per heavy atom. The molecule has 0 unspecified atom stereocenters. The van der Waals surface area contributed by atoms with Gasteiger partial charge in [-0.25, -0.2) is 4.98 Å². The number of nitrogens with two attached hydrogens (primary N) is 1. The maximum absolute atomic E-state index is 5.75. The van der Waals surface area contributed by atoms with Crippen molar-refractivity contribution in [2.75, 3.05) is 30.8 Å². The number of nitrogens with zero attached hydrogens (tertiary/aromatic N) is 1. The normalized spacial score (nSPS) is 10.8. The molecule has 5 heteroatoms. The molecule has 0 saturated heterocycles. The first-order chi connectivity index (χ1) is 8.09. The first-order valence-corrected chi connectivity index (χ1v) is 6.20. The van der Waals surface area contributed by atoms with Crippen molar-refractivity contribution in [2.45, 2.75) is 20.3 Å². The topological polar surface area (TPSA) is 60.2 Å². The van der Waals surface area contributed by atoms with E-state index in [1.807, 2.05) is 0 Å². The molecule has 1 rings (SSSR count). The Labute approximate surface area is 108 Å². The Bertz CT molecular complexity index is 345. The van der Waals surface area contributed by atoms with Gasteiger partial charge in [-0.05, 0) is 18.4 Å². The highest BCUT2D eigenvalue weighted by Gasteiger charge is 2.00. The number of anilines is 2. The fourth-order valence-electron chi connectivity index (χ4n) is 1.27. The summed E-state index contributed by atoms with van der Waals surface area (Å²) in [6, 6.07) is 1.68. The van der Waals surface area contributed by atoms with E-state index in [2.05, 4.69) is 24.1 Å². The van der Waals surface area contributed by atoms with Gasteiger partial charge in [-0.15, -0.1) is 0 Å². The largest absolute Gasteiger partial charge is 0.396 e. The molecular weight excluding hydrogens is 238 g/mol. The average Bonchev–Trinajstić information content (AvgIpc) is 2.25. The van der Waals surface area contributed by atoms with Crippen LogP contribution in [0.1, 0.15) is 20.3 Å². The molecule has 0 fully saturated rings. The number of hydrogen-bond acceptors (Lipinski definition) is 4. The molecule has 17 heavy (non-hydrogen) atoms. The van der Waals surface area contributed by atoms with E-state index in [1.165, 1.54) is 0 Å². The van der Waals surface area contributed by atoms with Crippen LogP contribution in [-0.2, 0) is 4.74 Å². The number of aromatic nitrogens is 1. The van der Waals surface area contributed by atoms with E-state index in [0.29, 0.717) is 35.6 Å². The standard InChI is InChI=1S/C12H20ClN3O/c1-9(2)3-5-17-6-4-15-12-11(14)7-10(13)8-16-12/h7-9H,3-6,14H2,1-2H3,(H,15,16). The Morgan fingerprint density at radius 2 is 2.24 bits per heavy atom. The van der Waals surface area contributed by atoms with Crippen molar-refractivity contribution in [1.82, 2.24) is 4.98 Å². The van der Waals surface area contributed by atoms with Gasteiger partial charge in [-0.1, -0.05) is 25.4 Å². The number of hydrogen-bond donors (Lipinski definition) is 2. The van der Waals surface area contributed by atoms with Crippen LogP contribution in [0.25, 0.3) is 0 Å². The molecule has 0 aliphatic heterocycles. The monoisotopic (exact) mass is 257 g/mol. The zero-order valence-electron chi connectivity index (χ0n) is 10.4. The van der Waals surface area contributed by atoms with Crippen LogP contribution in [0.2, 0.25) is 5.02 Å². The fourth-order valence-corrected chi connectivity index (χ4v) is 1.43. The van der Waals surface area contributed by atoms with Gasteiger partial charge in [-0.2, -0.15) is 0 Å². The van der Waals surface area contributed by atoms with Crippen LogP contribution < -0.4 is 11.1 Å². The van der Waals surface area contributed by atoms with E-state index in [1.54, 1.807) is 12.3 Å². The Morgan fingerprint density at radius 1 is 1.47 bits per heavy atom. The smallest absolute Gasteiger partial charge is 0.149 e. The van der Waals surface area contributed by atoms with Gasteiger partial charge < -0.3 is 15.8 Å². The van der Waals surface area contributed by atoms with Crippen LogP contribution in [0.15, 0.2) is 12.3 Å². The van der Waals surface area contributed by atoms with Gasteiger partial charge in [0.05, 0.1) is 17.3 Å². The molecule has 0 amide bonds. The second-order valence-electron chi connectivity index (χ2n) is 4.31. The maximum atomic E-state index is 5.75. The van der Waals surface area contributed by atoms with Crippen molar-refractivity contribution in [3.05, 3.63) is 17.3 Å². The van der Waals surface area contributed by atoms with E-state index in [0.717, 1.165) is 13.0 Å². The summed E-state index contributed by atoms with van der Waals surface area (Å²) in [5, 5.41) is 3.65. The summed E-state index contributed by atoms with van der Waals surface area (Å²) in [6.45, 7) is 6.50. The van der Waals surface area contributed by atoms with Crippen molar-refractivity contribution < 1.29 is 4.74 Å². The molecule has 4 nitrogen and oxygen atoms in total. The van der Waals surface area contributed by atoms with Crippen LogP contribution in [0.3, 0.4) is 0 Å². The molecule has 0 aliphatic rings. The zero-order chi connectivity index (χ0) is 12.7. The molecular formula is C12H20ClN3O. The van der Waals surface area contributed by atoms with Crippen molar-refractivity contribution in [2.24, 2.45) is 5.92 Å². The maximum Gasteiger partial charge on any atom is 0.149 e. The van der Waals surface area contributed by atoms with Gasteiger partial charge in [0.25, 0.3) is 0 Å². The summed E-state index contributed by atoms with van der Waals surface area (Å²) in [6.07, 6.45) is 2.65. The minimum atomic E-state index is 0.543. The third-order valence-corrected chi connectivity index (χ3v) is 2.47. The summed E-state index contributed by atoms with van der Waals surface area (Å²) in [4.78, 5) is 4.10. The number of ether oxygens (including phenoxy) is 1. The SMILES string of the molecule is CC(C)CCOCCNc1ncc(Cl)cc1N. The second kappa shape index (κ2) is 7.35. The predicted octanol–water partition coefficient (Wildman–Crippen LogP) is 2.79. The first kappa shape index (κ1) is 14.1. The number of rotatable bonds is 7. The predicted molar refractivity (Wildman–Crippen MR) is 72.4 cm³/mol. The van der Waals surface area contributed by atoms with Crippen LogP contribution in [-0.4, -0.2) is 24.7 Å². The van der Waals surface area contributed by atoms with Gasteiger partial charge in [0.1, 0.15) is 5.82 Å². The van der Waals surface area contributed by atoms with Crippen LogP contribution in [0, 0.1) is 5.92 Å². The number of nitrogens with one attached hydrogen (secondary N) is 1. The molecule has 0 aliphatic carbocycles. The summed E-state index contributed by atoms with van der Waals surface area (Å²) in [7, 11) is 0. The highest BCUT2D eigenvalue weighted by molar-refractivity contribution is 6.30. The number of halogens is 1. The molecule has 1 aromatic heterocycles. The third kappa shape index (κ3) is 5.75. The molecule has 96 valence electrons. The van der Waals surface area contributed by atoms with Gasteiger partial charge >= 0.3 is 0 Å². The van der Waals surface area contributed by atoms with Gasteiger partial charge in [0.2, 0.25) is 0 Å². The summed E-state index contributed by atoms with van der Waals surface area (Å²) < 4.78 is 5.47. The average molecular weight is 258 g/mol. The molecule has 3 N–H and O–H groups in total. The summed E-state index contributed by atoms with van der Waals surface area (Å²) >= 11 is 5.75. The lowest BCUT2D eigenvalue weighted by Gasteiger charge is -2.09. The van der Waals surface area contributed by atoms with E-state index in [-0.39, 0.29) is 0 Å². The van der Waals surface area contributed by atoms with Gasteiger partial charge in [-0.3, -0.25) is 0 Å². The van der Waals surface area contributed by atoms with E-state index in [4.69, 9.17) is 22.1 Å². The molecule has 0 aromatic carbocycles. The lowest BCUT2D eigenvalue weighted by atomic mass is 10.1. The quantitative estimate of drug-likeness (QED) is 0.738. The highest BCUT2D eigenvalue weighted by Crippen LogP contribution is 2.18. The zero-order valence-corrected chi connectivity index (χ0v) is 11.1. The van der Waals surface area contributed by atoms with Crippen LogP contribution in [0.4, 0.5) is 11.5 Å². The van der Waals surface area contributed by atoms with E-state index < -0.39 is 0 Å². The molecule has 0 bridgehead atoms. The first-order valence-electron chi connectivity index (χ1n) is 5.82. The summed E-state index contributed by atoms with van der Waals surface area (Å²) in [5.41, 5.74) is 6.31. The molecule has 0 spiro atoms. The molecule has 0 atom stereocenters. The minimum absolute atomic E-state index is 0.543. The lowest BCUT2D eigenvalue weighted by Crippen LogP contribution is -2.12. The molecule has 0 radical (unpaired) electrons. The van der Waals surface area contributed by atoms with Gasteiger partial charge in [0.15, 0.2) is 0 Å². The van der Waals surface area contributed by atoms with Crippen LogP contribution in [0.5, 0.6) is 0 Å². The molecule has 1 heterocycles. The van der Waals surface area contributed by atoms with Crippen molar-refractivity contribution in [3.63, 3.8) is 0 Å². The van der Waals surface area contributed by atoms with Crippen LogP contribution >= 0.6 is 11.6 Å². The Kier molecular flexibility index (Phi) is 6.08. The Balaban J connectivity index is 2.18.